The van der Waals surface area contributed by atoms with Gasteiger partial charge in [-0.05, 0) is 25.3 Å². The number of amides is 1. The number of hydrogen-bond donors (Lipinski definition) is 1. The molecule has 0 unspecified atom stereocenters. The Morgan fingerprint density at radius 1 is 1.50 bits per heavy atom. The van der Waals surface area contributed by atoms with Crippen LogP contribution in [0.2, 0.25) is 0 Å². The van der Waals surface area contributed by atoms with Crippen molar-refractivity contribution in [3.05, 3.63) is 11.1 Å². The predicted octanol–water partition coefficient (Wildman–Crippen LogP) is 2.77. The predicted molar refractivity (Wildman–Crippen MR) is 79.7 cm³/mol. The van der Waals surface area contributed by atoms with Gasteiger partial charge in [-0.15, -0.1) is 0 Å². The van der Waals surface area contributed by atoms with Crippen LogP contribution in [0, 0.1) is 11.3 Å². The Bertz CT molecular complexity index is 309. The molecule has 0 bridgehead atoms. The summed E-state index contributed by atoms with van der Waals surface area (Å²) in [6, 6.07) is 0. The molecule has 0 spiro atoms. The summed E-state index contributed by atoms with van der Waals surface area (Å²) in [7, 11) is 0. The van der Waals surface area contributed by atoms with Crippen LogP contribution in [0.25, 0.3) is 0 Å². The SMILES string of the molecule is C=C(Br)CN1CCC[C@@H](CNC(=O)C(C)(C)C)C1. The molecule has 3 nitrogen and oxygen atoms in total. The maximum atomic E-state index is 11.8. The van der Waals surface area contributed by atoms with Gasteiger partial charge in [-0.25, -0.2) is 0 Å². The largest absolute Gasteiger partial charge is 0.355 e. The van der Waals surface area contributed by atoms with E-state index in [2.05, 4.69) is 32.7 Å². The molecule has 18 heavy (non-hydrogen) atoms. The van der Waals surface area contributed by atoms with Crippen LogP contribution < -0.4 is 5.32 Å². The van der Waals surface area contributed by atoms with E-state index in [0.717, 1.165) is 30.7 Å². The Labute approximate surface area is 119 Å². The van der Waals surface area contributed by atoms with E-state index in [1.54, 1.807) is 0 Å². The van der Waals surface area contributed by atoms with E-state index in [0.29, 0.717) is 5.92 Å². The van der Waals surface area contributed by atoms with Crippen LogP contribution in [0.1, 0.15) is 33.6 Å². The van der Waals surface area contributed by atoms with Crippen molar-refractivity contribution in [2.45, 2.75) is 33.6 Å². The maximum Gasteiger partial charge on any atom is 0.225 e. The highest BCUT2D eigenvalue weighted by Gasteiger charge is 2.24. The second-order valence-electron chi connectivity index (χ2n) is 6.22. The highest BCUT2D eigenvalue weighted by molar-refractivity contribution is 9.11. The van der Waals surface area contributed by atoms with Gasteiger partial charge in [-0.2, -0.15) is 0 Å². The van der Waals surface area contributed by atoms with Crippen LogP contribution in [0.4, 0.5) is 0 Å². The molecule has 0 radical (unpaired) electrons. The van der Waals surface area contributed by atoms with Crippen LogP contribution in [-0.4, -0.2) is 37.0 Å². The monoisotopic (exact) mass is 316 g/mol. The molecule has 0 aromatic rings. The van der Waals surface area contributed by atoms with Gasteiger partial charge in [0.2, 0.25) is 5.91 Å². The van der Waals surface area contributed by atoms with Gasteiger partial charge in [0.05, 0.1) is 0 Å². The van der Waals surface area contributed by atoms with Crippen LogP contribution in [0.15, 0.2) is 11.1 Å². The fourth-order valence-corrected chi connectivity index (χ4v) is 2.56. The Balaban J connectivity index is 2.34. The molecule has 104 valence electrons. The first-order valence-electron chi connectivity index (χ1n) is 6.63. The summed E-state index contributed by atoms with van der Waals surface area (Å²) in [5.41, 5.74) is -0.293. The zero-order chi connectivity index (χ0) is 13.8. The third kappa shape index (κ3) is 5.53. The van der Waals surface area contributed by atoms with Crippen LogP contribution in [0.3, 0.4) is 0 Å². The lowest BCUT2D eigenvalue weighted by Gasteiger charge is -2.33. The molecule has 1 heterocycles. The zero-order valence-corrected chi connectivity index (χ0v) is 13.3. The average molecular weight is 317 g/mol. The second kappa shape index (κ2) is 6.71. The summed E-state index contributed by atoms with van der Waals surface area (Å²) < 4.78 is 1.03. The van der Waals surface area contributed by atoms with Gasteiger partial charge < -0.3 is 5.32 Å². The molecule has 0 aliphatic carbocycles. The molecule has 1 rings (SSSR count). The molecule has 1 atom stereocenters. The van der Waals surface area contributed by atoms with Crippen molar-refractivity contribution in [2.75, 3.05) is 26.2 Å². The van der Waals surface area contributed by atoms with Crippen molar-refractivity contribution in [3.63, 3.8) is 0 Å². The topological polar surface area (TPSA) is 32.3 Å². The number of likely N-dealkylation sites (tertiary alicyclic amines) is 1. The number of nitrogens with zero attached hydrogens (tertiary/aromatic N) is 1. The first-order valence-corrected chi connectivity index (χ1v) is 7.42. The Morgan fingerprint density at radius 2 is 2.17 bits per heavy atom. The molecule has 0 saturated carbocycles. The van der Waals surface area contributed by atoms with Gasteiger partial charge in [0, 0.05) is 29.5 Å². The smallest absolute Gasteiger partial charge is 0.225 e. The number of carbonyl (C=O) groups excluding carboxylic acids is 1. The van der Waals surface area contributed by atoms with Crippen molar-refractivity contribution in [1.82, 2.24) is 10.2 Å². The quantitative estimate of drug-likeness (QED) is 0.865. The number of nitrogens with one attached hydrogen (secondary N) is 1. The summed E-state index contributed by atoms with van der Waals surface area (Å²) in [5.74, 6) is 0.710. The maximum absolute atomic E-state index is 11.8. The van der Waals surface area contributed by atoms with Crippen molar-refractivity contribution in [2.24, 2.45) is 11.3 Å². The summed E-state index contributed by atoms with van der Waals surface area (Å²) in [6.07, 6.45) is 2.41. The first kappa shape index (κ1) is 15.7. The lowest BCUT2D eigenvalue weighted by atomic mass is 9.94. The molecule has 4 heteroatoms. The van der Waals surface area contributed by atoms with E-state index in [9.17, 15) is 4.79 Å². The van der Waals surface area contributed by atoms with Crippen LogP contribution >= 0.6 is 15.9 Å². The van der Waals surface area contributed by atoms with Crippen molar-refractivity contribution >= 4 is 21.8 Å². The molecule has 1 fully saturated rings. The molecule has 1 aliphatic heterocycles. The van der Waals surface area contributed by atoms with Gasteiger partial charge in [-0.3, -0.25) is 9.69 Å². The standard InChI is InChI=1S/C14H25BrN2O/c1-11(15)9-17-7-5-6-12(10-17)8-16-13(18)14(2,3)4/h12H,1,5-10H2,2-4H3,(H,16,18)/t12-/m0/s1. The molecule has 1 N–H and O–H groups in total. The molecular formula is C14H25BrN2O. The number of rotatable bonds is 4. The lowest BCUT2D eigenvalue weighted by molar-refractivity contribution is -0.128. The van der Waals surface area contributed by atoms with Gasteiger partial charge in [0.25, 0.3) is 0 Å². The number of carbonyl (C=O) groups is 1. The van der Waals surface area contributed by atoms with Crippen LogP contribution in [-0.2, 0) is 4.79 Å². The minimum Gasteiger partial charge on any atom is -0.355 e. The fourth-order valence-electron chi connectivity index (χ4n) is 2.21. The number of piperidine rings is 1. The Hall–Kier alpha value is -0.350. The second-order valence-corrected chi connectivity index (χ2v) is 7.34. The molecule has 1 amide bonds. The van der Waals surface area contributed by atoms with Gasteiger partial charge in [-0.1, -0.05) is 43.3 Å². The van der Waals surface area contributed by atoms with Gasteiger partial charge in [0.15, 0.2) is 0 Å². The summed E-state index contributed by atoms with van der Waals surface area (Å²) in [6.45, 7) is 13.6. The Kier molecular flexibility index (Phi) is 5.86. The van der Waals surface area contributed by atoms with E-state index in [1.807, 2.05) is 20.8 Å². The number of halogens is 1. The van der Waals surface area contributed by atoms with E-state index in [1.165, 1.54) is 12.8 Å². The van der Waals surface area contributed by atoms with Crippen molar-refractivity contribution in [1.29, 1.82) is 0 Å². The third-order valence-corrected chi connectivity index (χ3v) is 3.48. The molecule has 0 aromatic carbocycles. The normalized spacial score (nSPS) is 21.7. The van der Waals surface area contributed by atoms with Gasteiger partial charge in [0.1, 0.15) is 0 Å². The molecule has 0 aromatic heterocycles. The minimum atomic E-state index is -0.293. The summed E-state index contributed by atoms with van der Waals surface area (Å²) in [4.78, 5) is 14.2. The van der Waals surface area contributed by atoms with Crippen LogP contribution in [0.5, 0.6) is 0 Å². The molecule has 1 aliphatic rings. The summed E-state index contributed by atoms with van der Waals surface area (Å²) in [5, 5.41) is 3.07. The first-order chi connectivity index (χ1) is 8.29. The van der Waals surface area contributed by atoms with E-state index in [4.69, 9.17) is 0 Å². The number of hydrogen-bond acceptors (Lipinski definition) is 2. The average Bonchev–Trinajstić information content (AvgIpc) is 2.24. The van der Waals surface area contributed by atoms with Crippen molar-refractivity contribution in [3.8, 4) is 0 Å². The minimum absolute atomic E-state index is 0.143. The Morgan fingerprint density at radius 3 is 2.72 bits per heavy atom. The van der Waals surface area contributed by atoms with E-state index < -0.39 is 0 Å². The third-order valence-electron chi connectivity index (χ3n) is 3.23. The van der Waals surface area contributed by atoms with Crippen molar-refractivity contribution < 1.29 is 4.79 Å². The molecular weight excluding hydrogens is 292 g/mol. The fraction of sp³-hybridized carbons (Fsp3) is 0.786. The van der Waals surface area contributed by atoms with E-state index >= 15 is 0 Å². The van der Waals surface area contributed by atoms with E-state index in [-0.39, 0.29) is 11.3 Å². The summed E-state index contributed by atoms with van der Waals surface area (Å²) >= 11 is 3.41. The zero-order valence-electron chi connectivity index (χ0n) is 11.8. The highest BCUT2D eigenvalue weighted by atomic mass is 79.9. The lowest BCUT2D eigenvalue weighted by Crippen LogP contribution is -2.43. The highest BCUT2D eigenvalue weighted by Crippen LogP contribution is 2.19. The molecule has 1 saturated heterocycles. The van der Waals surface area contributed by atoms with Gasteiger partial charge >= 0.3 is 0 Å².